The monoisotopic (exact) mass is 314 g/mol. The van der Waals surface area contributed by atoms with Crippen LogP contribution >= 0.6 is 0 Å². The zero-order chi connectivity index (χ0) is 16.4. The van der Waals surface area contributed by atoms with Gasteiger partial charge < -0.3 is 15.3 Å². The Hall–Kier alpha value is -2.89. The van der Waals surface area contributed by atoms with Crippen LogP contribution in [0, 0.1) is 11.7 Å². The van der Waals surface area contributed by atoms with E-state index in [2.05, 4.69) is 5.32 Å². The number of hydrogen-bond acceptors (Lipinski definition) is 3. The van der Waals surface area contributed by atoms with Crippen molar-refractivity contribution in [2.24, 2.45) is 5.92 Å². The van der Waals surface area contributed by atoms with Gasteiger partial charge in [-0.15, -0.1) is 0 Å². The van der Waals surface area contributed by atoms with E-state index in [4.69, 9.17) is 0 Å². The number of nitrogens with zero attached hydrogens (tertiary/aromatic N) is 1. The van der Waals surface area contributed by atoms with Crippen LogP contribution in [0.25, 0.3) is 0 Å². The molecule has 2 aromatic rings. The number of amides is 2. The van der Waals surface area contributed by atoms with Crippen LogP contribution in [0.15, 0.2) is 48.5 Å². The Morgan fingerprint density at radius 2 is 1.87 bits per heavy atom. The molecule has 0 saturated carbocycles. The van der Waals surface area contributed by atoms with Crippen molar-refractivity contribution in [2.45, 2.75) is 6.42 Å². The van der Waals surface area contributed by atoms with Crippen molar-refractivity contribution in [3.63, 3.8) is 0 Å². The Kier molecular flexibility index (Phi) is 3.97. The minimum Gasteiger partial charge on any atom is -0.508 e. The number of rotatable bonds is 3. The number of aromatic hydroxyl groups is 1. The Morgan fingerprint density at radius 3 is 2.57 bits per heavy atom. The van der Waals surface area contributed by atoms with Gasteiger partial charge in [0, 0.05) is 18.7 Å². The van der Waals surface area contributed by atoms with Gasteiger partial charge in [0.15, 0.2) is 0 Å². The zero-order valence-electron chi connectivity index (χ0n) is 12.2. The summed E-state index contributed by atoms with van der Waals surface area (Å²) in [5.74, 6) is -1.51. The van der Waals surface area contributed by atoms with Gasteiger partial charge in [-0.05, 0) is 36.4 Å². The van der Waals surface area contributed by atoms with E-state index in [9.17, 15) is 19.1 Å². The largest absolute Gasteiger partial charge is 0.508 e. The fourth-order valence-corrected chi connectivity index (χ4v) is 2.58. The SMILES string of the molecule is O=C(Nc1ccc(O)cc1)[C@H]1CC(=O)N(c2ccccc2F)C1. The number of para-hydroxylation sites is 1. The summed E-state index contributed by atoms with van der Waals surface area (Å²) >= 11 is 0. The Labute approximate surface area is 132 Å². The molecule has 2 amide bonds. The van der Waals surface area contributed by atoms with Crippen LogP contribution < -0.4 is 10.2 Å². The van der Waals surface area contributed by atoms with Crippen LogP contribution in [-0.4, -0.2) is 23.5 Å². The van der Waals surface area contributed by atoms with Crippen molar-refractivity contribution >= 4 is 23.2 Å². The first-order valence-corrected chi connectivity index (χ1v) is 7.19. The number of phenolic OH excluding ortho intramolecular Hbond substituents is 1. The van der Waals surface area contributed by atoms with Gasteiger partial charge in [0.05, 0.1) is 11.6 Å². The third kappa shape index (κ3) is 3.15. The summed E-state index contributed by atoms with van der Waals surface area (Å²) in [7, 11) is 0. The number of carbonyl (C=O) groups excluding carboxylic acids is 2. The van der Waals surface area contributed by atoms with E-state index in [-0.39, 0.29) is 36.2 Å². The molecule has 0 spiro atoms. The summed E-state index contributed by atoms with van der Waals surface area (Å²) in [5, 5.41) is 11.9. The molecule has 1 atom stereocenters. The van der Waals surface area contributed by atoms with E-state index < -0.39 is 11.7 Å². The normalized spacial score (nSPS) is 17.3. The minimum absolute atomic E-state index is 0.0399. The van der Waals surface area contributed by atoms with Crippen LogP contribution in [0.2, 0.25) is 0 Å². The summed E-state index contributed by atoms with van der Waals surface area (Å²) in [4.78, 5) is 25.6. The summed E-state index contributed by atoms with van der Waals surface area (Å²) in [5.41, 5.74) is 0.724. The zero-order valence-corrected chi connectivity index (χ0v) is 12.2. The van der Waals surface area contributed by atoms with Crippen LogP contribution in [-0.2, 0) is 9.59 Å². The molecule has 0 aromatic heterocycles. The second-order valence-electron chi connectivity index (χ2n) is 5.39. The first-order valence-electron chi connectivity index (χ1n) is 7.19. The quantitative estimate of drug-likeness (QED) is 0.855. The Morgan fingerprint density at radius 1 is 1.17 bits per heavy atom. The topological polar surface area (TPSA) is 69.6 Å². The molecule has 0 bridgehead atoms. The van der Waals surface area contributed by atoms with E-state index >= 15 is 0 Å². The average molecular weight is 314 g/mol. The third-order valence-corrected chi connectivity index (χ3v) is 3.77. The molecule has 0 unspecified atom stereocenters. The van der Waals surface area contributed by atoms with E-state index in [1.807, 2.05) is 0 Å². The van der Waals surface area contributed by atoms with Crippen LogP contribution in [0.5, 0.6) is 5.75 Å². The number of phenols is 1. The molecule has 5 nitrogen and oxygen atoms in total. The first-order chi connectivity index (χ1) is 11.0. The molecule has 3 rings (SSSR count). The van der Waals surface area contributed by atoms with Gasteiger partial charge in [-0.3, -0.25) is 9.59 Å². The lowest BCUT2D eigenvalue weighted by atomic mass is 10.1. The highest BCUT2D eigenvalue weighted by atomic mass is 19.1. The molecule has 0 radical (unpaired) electrons. The number of anilines is 2. The van der Waals surface area contributed by atoms with Gasteiger partial charge in [0.1, 0.15) is 11.6 Å². The van der Waals surface area contributed by atoms with E-state index in [1.165, 1.54) is 29.2 Å². The maximum absolute atomic E-state index is 13.8. The summed E-state index contributed by atoms with van der Waals surface area (Å²) in [6.07, 6.45) is 0.0399. The van der Waals surface area contributed by atoms with Crippen molar-refractivity contribution in [1.82, 2.24) is 0 Å². The second-order valence-corrected chi connectivity index (χ2v) is 5.39. The van der Waals surface area contributed by atoms with Crippen molar-refractivity contribution in [3.8, 4) is 5.75 Å². The molecule has 6 heteroatoms. The number of hydrogen-bond donors (Lipinski definition) is 2. The van der Waals surface area contributed by atoms with Crippen LogP contribution in [0.3, 0.4) is 0 Å². The molecule has 118 valence electrons. The van der Waals surface area contributed by atoms with E-state index in [0.717, 1.165) is 0 Å². The van der Waals surface area contributed by atoms with Gasteiger partial charge in [-0.1, -0.05) is 12.1 Å². The summed E-state index contributed by atoms with van der Waals surface area (Å²) in [6, 6.07) is 12.1. The molecule has 23 heavy (non-hydrogen) atoms. The van der Waals surface area contributed by atoms with Crippen molar-refractivity contribution in [2.75, 3.05) is 16.8 Å². The lowest BCUT2D eigenvalue weighted by molar-refractivity contribution is -0.122. The molecule has 2 N–H and O–H groups in total. The summed E-state index contributed by atoms with van der Waals surface area (Å²) < 4.78 is 13.8. The molecule has 2 aromatic carbocycles. The Balaban J connectivity index is 1.71. The highest BCUT2D eigenvalue weighted by Crippen LogP contribution is 2.28. The fourth-order valence-electron chi connectivity index (χ4n) is 2.58. The van der Waals surface area contributed by atoms with Gasteiger partial charge >= 0.3 is 0 Å². The van der Waals surface area contributed by atoms with Gasteiger partial charge in [-0.2, -0.15) is 0 Å². The average Bonchev–Trinajstić information content (AvgIpc) is 2.92. The predicted octanol–water partition coefficient (Wildman–Crippen LogP) is 2.52. The highest BCUT2D eigenvalue weighted by Gasteiger charge is 2.36. The molecule has 1 fully saturated rings. The lowest BCUT2D eigenvalue weighted by Crippen LogP contribution is -2.28. The van der Waals surface area contributed by atoms with Crippen LogP contribution in [0.1, 0.15) is 6.42 Å². The molecular formula is C17H15FN2O3. The molecule has 1 heterocycles. The molecular weight excluding hydrogens is 299 g/mol. The van der Waals surface area contributed by atoms with E-state index in [1.54, 1.807) is 24.3 Å². The minimum atomic E-state index is -0.545. The second kappa shape index (κ2) is 6.08. The summed E-state index contributed by atoms with van der Waals surface area (Å²) in [6.45, 7) is 0.143. The van der Waals surface area contributed by atoms with Crippen LogP contribution in [0.4, 0.5) is 15.8 Å². The first kappa shape index (κ1) is 15.0. The van der Waals surface area contributed by atoms with Crippen molar-refractivity contribution in [3.05, 3.63) is 54.3 Å². The number of carbonyl (C=O) groups is 2. The van der Waals surface area contributed by atoms with Crippen molar-refractivity contribution in [1.29, 1.82) is 0 Å². The van der Waals surface area contributed by atoms with Crippen molar-refractivity contribution < 1.29 is 19.1 Å². The maximum atomic E-state index is 13.8. The Bertz CT molecular complexity index is 746. The standard InChI is InChI=1S/C17H15FN2O3/c18-14-3-1-2-4-15(14)20-10-11(9-16(20)22)17(23)19-12-5-7-13(21)8-6-12/h1-8,11,21H,9-10H2,(H,19,23)/t11-/m0/s1. The third-order valence-electron chi connectivity index (χ3n) is 3.77. The number of benzene rings is 2. The predicted molar refractivity (Wildman–Crippen MR) is 83.6 cm³/mol. The van der Waals surface area contributed by atoms with Gasteiger partial charge in [0.25, 0.3) is 0 Å². The smallest absolute Gasteiger partial charge is 0.229 e. The molecule has 1 aliphatic heterocycles. The highest BCUT2D eigenvalue weighted by molar-refractivity contribution is 6.03. The number of halogens is 1. The molecule has 0 aliphatic carbocycles. The van der Waals surface area contributed by atoms with Gasteiger partial charge in [0.2, 0.25) is 11.8 Å². The fraction of sp³-hybridized carbons (Fsp3) is 0.176. The van der Waals surface area contributed by atoms with E-state index in [0.29, 0.717) is 5.69 Å². The number of nitrogens with one attached hydrogen (secondary N) is 1. The maximum Gasteiger partial charge on any atom is 0.229 e. The van der Waals surface area contributed by atoms with Gasteiger partial charge in [-0.25, -0.2) is 4.39 Å². The molecule has 1 saturated heterocycles. The molecule has 1 aliphatic rings. The lowest BCUT2D eigenvalue weighted by Gasteiger charge is -2.17.